The lowest BCUT2D eigenvalue weighted by molar-refractivity contribution is -0.146. The van der Waals surface area contributed by atoms with E-state index in [0.29, 0.717) is 0 Å². The Kier molecular flexibility index (Phi) is 3.58. The van der Waals surface area contributed by atoms with E-state index in [9.17, 15) is 18.0 Å². The van der Waals surface area contributed by atoms with Crippen molar-refractivity contribution in [3.05, 3.63) is 29.3 Å². The second-order valence-corrected chi connectivity index (χ2v) is 5.38. The molecule has 1 aliphatic heterocycles. The molecule has 1 atom stereocenters. The van der Waals surface area contributed by atoms with E-state index in [-0.39, 0.29) is 30.8 Å². The highest BCUT2D eigenvalue weighted by Crippen LogP contribution is 2.41. The van der Waals surface area contributed by atoms with Crippen LogP contribution in [0.5, 0.6) is 0 Å². The molecule has 4 nitrogen and oxygen atoms in total. The van der Waals surface area contributed by atoms with Crippen LogP contribution in [0.15, 0.2) is 18.2 Å². The Morgan fingerprint density at radius 2 is 2.14 bits per heavy atom. The van der Waals surface area contributed by atoms with Gasteiger partial charge in [-0.25, -0.2) is 0 Å². The Labute approximate surface area is 119 Å². The third-order valence-corrected chi connectivity index (χ3v) is 3.76. The molecule has 0 spiro atoms. The summed E-state index contributed by atoms with van der Waals surface area (Å²) >= 11 is 0. The van der Waals surface area contributed by atoms with Gasteiger partial charge in [-0.3, -0.25) is 4.79 Å². The van der Waals surface area contributed by atoms with Gasteiger partial charge in [0.1, 0.15) is 0 Å². The van der Waals surface area contributed by atoms with Crippen molar-refractivity contribution in [1.29, 1.82) is 5.26 Å². The number of halogens is 3. The molecular weight excluding hydrogens is 285 g/mol. The van der Waals surface area contributed by atoms with Crippen molar-refractivity contribution in [3.8, 4) is 6.07 Å². The lowest BCUT2D eigenvalue weighted by Gasteiger charge is -2.25. The van der Waals surface area contributed by atoms with Crippen LogP contribution in [0.1, 0.15) is 24.5 Å². The van der Waals surface area contributed by atoms with E-state index in [1.807, 2.05) is 0 Å². The average molecular weight is 298 g/mol. The quantitative estimate of drug-likeness (QED) is 0.912. The molecule has 112 valence electrons. The van der Waals surface area contributed by atoms with E-state index in [1.54, 1.807) is 6.07 Å². The van der Waals surface area contributed by atoms with Crippen molar-refractivity contribution >= 4 is 11.7 Å². The van der Waals surface area contributed by atoms with E-state index >= 15 is 0 Å². The van der Waals surface area contributed by atoms with Crippen molar-refractivity contribution in [2.24, 2.45) is 5.41 Å². The molecule has 1 saturated heterocycles. The van der Waals surface area contributed by atoms with Crippen LogP contribution in [-0.2, 0) is 11.0 Å². The molecule has 1 heterocycles. The van der Waals surface area contributed by atoms with E-state index in [2.05, 4.69) is 0 Å². The molecule has 0 aromatic heterocycles. The summed E-state index contributed by atoms with van der Waals surface area (Å²) in [5.74, 6) is -1.02. The smallest absolute Gasteiger partial charge is 0.418 e. The number of rotatable bonds is 2. The third kappa shape index (κ3) is 2.79. The lowest BCUT2D eigenvalue weighted by atomic mass is 9.90. The van der Waals surface area contributed by atoms with Gasteiger partial charge in [0, 0.05) is 18.8 Å². The molecule has 0 saturated carbocycles. The number of alkyl halides is 3. The second-order valence-electron chi connectivity index (χ2n) is 5.38. The maximum Gasteiger partial charge on any atom is 0.418 e. The molecule has 1 aromatic rings. The summed E-state index contributed by atoms with van der Waals surface area (Å²) in [7, 11) is 0. The fraction of sp³-hybridized carbons (Fsp3) is 0.429. The van der Waals surface area contributed by atoms with E-state index in [4.69, 9.17) is 10.4 Å². The molecule has 0 radical (unpaired) electrons. The molecule has 1 aromatic carbocycles. The van der Waals surface area contributed by atoms with Crippen molar-refractivity contribution in [1.82, 2.24) is 0 Å². The van der Waals surface area contributed by atoms with Crippen molar-refractivity contribution in [2.45, 2.75) is 19.5 Å². The van der Waals surface area contributed by atoms with Crippen LogP contribution in [0.3, 0.4) is 0 Å². The van der Waals surface area contributed by atoms with Gasteiger partial charge in [-0.05, 0) is 31.5 Å². The number of nitrogens with zero attached hydrogens (tertiary/aromatic N) is 2. The molecule has 2 rings (SSSR count). The van der Waals surface area contributed by atoms with E-state index in [1.165, 1.54) is 24.0 Å². The Morgan fingerprint density at radius 1 is 1.48 bits per heavy atom. The van der Waals surface area contributed by atoms with Gasteiger partial charge < -0.3 is 10.0 Å². The van der Waals surface area contributed by atoms with E-state index < -0.39 is 23.1 Å². The molecule has 0 aliphatic carbocycles. The topological polar surface area (TPSA) is 64.3 Å². The molecule has 1 fully saturated rings. The van der Waals surface area contributed by atoms with Crippen LogP contribution in [0.4, 0.5) is 18.9 Å². The van der Waals surface area contributed by atoms with Crippen LogP contribution >= 0.6 is 0 Å². The standard InChI is InChI=1S/C14H13F3N2O2/c1-13(12(20)21)4-5-19(8-13)11-3-2-9(7-18)6-10(11)14(15,16)17/h2-3,6H,4-5,8H2,1H3,(H,20,21). The number of anilines is 1. The number of nitriles is 1. The zero-order chi connectivity index (χ0) is 15.8. The first kappa shape index (κ1) is 15.2. The molecular formula is C14H13F3N2O2. The maximum absolute atomic E-state index is 13.1. The van der Waals surface area contributed by atoms with E-state index in [0.717, 1.165) is 6.07 Å². The first-order chi connectivity index (χ1) is 9.67. The molecule has 7 heteroatoms. The monoisotopic (exact) mass is 298 g/mol. The minimum atomic E-state index is -4.59. The summed E-state index contributed by atoms with van der Waals surface area (Å²) in [6.45, 7) is 1.77. The van der Waals surface area contributed by atoms with Gasteiger partial charge in [0.2, 0.25) is 0 Å². The van der Waals surface area contributed by atoms with Crippen molar-refractivity contribution in [3.63, 3.8) is 0 Å². The molecule has 21 heavy (non-hydrogen) atoms. The number of hydrogen-bond acceptors (Lipinski definition) is 3. The van der Waals surface area contributed by atoms with Crippen LogP contribution in [0.25, 0.3) is 0 Å². The summed E-state index contributed by atoms with van der Waals surface area (Å²) < 4.78 is 39.4. The van der Waals surface area contributed by atoms with Crippen molar-refractivity contribution in [2.75, 3.05) is 18.0 Å². The predicted molar refractivity (Wildman–Crippen MR) is 68.7 cm³/mol. The number of hydrogen-bond donors (Lipinski definition) is 1. The van der Waals surface area contributed by atoms with Crippen molar-refractivity contribution < 1.29 is 23.1 Å². The number of carbonyl (C=O) groups is 1. The van der Waals surface area contributed by atoms with Crippen LogP contribution in [0, 0.1) is 16.7 Å². The Morgan fingerprint density at radius 3 is 2.62 bits per heavy atom. The zero-order valence-corrected chi connectivity index (χ0v) is 11.2. The summed E-state index contributed by atoms with van der Waals surface area (Å²) in [5, 5.41) is 17.9. The summed E-state index contributed by atoms with van der Waals surface area (Å²) in [4.78, 5) is 12.6. The van der Waals surface area contributed by atoms with Crippen LogP contribution < -0.4 is 4.90 Å². The highest BCUT2D eigenvalue weighted by Gasteiger charge is 2.43. The Bertz CT molecular complexity index is 622. The molecule has 0 amide bonds. The Hall–Kier alpha value is -2.23. The number of carboxylic acid groups (broad SMARTS) is 1. The Balaban J connectivity index is 2.42. The number of benzene rings is 1. The largest absolute Gasteiger partial charge is 0.481 e. The summed E-state index contributed by atoms with van der Waals surface area (Å²) in [5.41, 5.74) is -2.12. The van der Waals surface area contributed by atoms with Gasteiger partial charge >= 0.3 is 12.1 Å². The first-order valence-corrected chi connectivity index (χ1v) is 6.27. The molecule has 1 unspecified atom stereocenters. The van der Waals surface area contributed by atoms with Gasteiger partial charge in [-0.2, -0.15) is 18.4 Å². The molecule has 0 bridgehead atoms. The zero-order valence-electron chi connectivity index (χ0n) is 11.2. The van der Waals surface area contributed by atoms with Crippen LogP contribution in [0.2, 0.25) is 0 Å². The summed E-state index contributed by atoms with van der Waals surface area (Å²) in [6.07, 6.45) is -4.32. The van der Waals surface area contributed by atoms with Crippen LogP contribution in [-0.4, -0.2) is 24.2 Å². The minimum Gasteiger partial charge on any atom is -0.481 e. The SMILES string of the molecule is CC1(C(=O)O)CCN(c2ccc(C#N)cc2C(F)(F)F)C1. The first-order valence-electron chi connectivity index (χ1n) is 6.27. The average Bonchev–Trinajstić information content (AvgIpc) is 2.81. The van der Waals surface area contributed by atoms with Gasteiger partial charge in [0.25, 0.3) is 0 Å². The lowest BCUT2D eigenvalue weighted by Crippen LogP contribution is -2.32. The fourth-order valence-corrected chi connectivity index (χ4v) is 2.45. The minimum absolute atomic E-state index is 0.0112. The predicted octanol–water partition coefficient (Wildman–Crippen LogP) is 2.88. The second kappa shape index (κ2) is 4.95. The summed E-state index contributed by atoms with van der Waals surface area (Å²) in [6, 6.07) is 5.01. The van der Waals surface area contributed by atoms with Gasteiger partial charge in [-0.15, -0.1) is 0 Å². The maximum atomic E-state index is 13.1. The normalized spacial score (nSPS) is 22.1. The van der Waals surface area contributed by atoms with Gasteiger partial charge in [-0.1, -0.05) is 0 Å². The molecule has 1 aliphatic rings. The third-order valence-electron chi connectivity index (χ3n) is 3.76. The van der Waals surface area contributed by atoms with Gasteiger partial charge in [0.05, 0.1) is 22.6 Å². The fourth-order valence-electron chi connectivity index (χ4n) is 2.45. The highest BCUT2D eigenvalue weighted by atomic mass is 19.4. The number of aliphatic carboxylic acids is 1. The van der Waals surface area contributed by atoms with Gasteiger partial charge in [0.15, 0.2) is 0 Å². The highest BCUT2D eigenvalue weighted by molar-refractivity contribution is 5.76. The molecule has 1 N–H and O–H groups in total. The number of carboxylic acids is 1.